The molecule has 0 unspecified atom stereocenters. The van der Waals surface area contributed by atoms with Crippen LogP contribution in [0.3, 0.4) is 0 Å². The normalized spacial score (nSPS) is 17.3. The fourth-order valence-electron chi connectivity index (χ4n) is 2.84. The first-order valence-corrected chi connectivity index (χ1v) is 8.70. The summed E-state index contributed by atoms with van der Waals surface area (Å²) in [6, 6.07) is 2.06. The quantitative estimate of drug-likeness (QED) is 0.840. The molecule has 3 nitrogen and oxygen atoms in total. The number of hydrogen-bond donors (Lipinski definition) is 1. The Morgan fingerprint density at radius 1 is 1.40 bits per heavy atom. The lowest BCUT2D eigenvalue weighted by atomic mass is 9.74. The summed E-state index contributed by atoms with van der Waals surface area (Å²) in [5.74, 6) is 0.287. The van der Waals surface area contributed by atoms with Gasteiger partial charge in [0.2, 0.25) is 0 Å². The monoisotopic (exact) mass is 306 g/mol. The van der Waals surface area contributed by atoms with Gasteiger partial charge in [0.25, 0.3) is 0 Å². The Bertz CT molecular complexity index is 682. The SMILES string of the molecule is CSc1sc(-c2cc(C)[nH]n2)c2c1C(=O)CC(C)(C)C2. The number of thioether (sulfide) groups is 1. The van der Waals surface area contributed by atoms with Gasteiger partial charge in [-0.15, -0.1) is 23.1 Å². The van der Waals surface area contributed by atoms with E-state index in [1.54, 1.807) is 23.1 Å². The van der Waals surface area contributed by atoms with Crippen LogP contribution in [0.4, 0.5) is 0 Å². The van der Waals surface area contributed by atoms with Crippen LogP contribution in [0.2, 0.25) is 0 Å². The van der Waals surface area contributed by atoms with Crippen molar-refractivity contribution >= 4 is 28.9 Å². The van der Waals surface area contributed by atoms with Gasteiger partial charge in [-0.25, -0.2) is 0 Å². The highest BCUT2D eigenvalue weighted by molar-refractivity contribution is 8.00. The van der Waals surface area contributed by atoms with Crippen LogP contribution in [0.15, 0.2) is 10.3 Å². The third kappa shape index (κ3) is 2.23. The number of ketones is 1. The molecule has 106 valence electrons. The van der Waals surface area contributed by atoms with Gasteiger partial charge < -0.3 is 0 Å². The Labute approximate surface area is 127 Å². The molecule has 0 spiro atoms. The molecule has 2 aromatic heterocycles. The van der Waals surface area contributed by atoms with Gasteiger partial charge in [0, 0.05) is 17.7 Å². The van der Waals surface area contributed by atoms with Gasteiger partial charge in [-0.1, -0.05) is 13.8 Å². The molecular weight excluding hydrogens is 288 g/mol. The van der Waals surface area contributed by atoms with Crippen molar-refractivity contribution in [1.82, 2.24) is 10.2 Å². The van der Waals surface area contributed by atoms with Gasteiger partial charge in [0.1, 0.15) is 5.69 Å². The predicted molar refractivity (Wildman–Crippen MR) is 84.9 cm³/mol. The lowest BCUT2D eigenvalue weighted by Gasteiger charge is -2.29. The molecule has 0 aromatic carbocycles. The second-order valence-electron chi connectivity index (χ2n) is 6.15. The second-order valence-corrected chi connectivity index (χ2v) is 8.25. The highest BCUT2D eigenvalue weighted by atomic mass is 32.2. The molecular formula is C15H18N2OS2. The first kappa shape index (κ1) is 13.9. The molecule has 2 aromatic rings. The molecule has 5 heteroatoms. The molecule has 0 bridgehead atoms. The molecule has 0 fully saturated rings. The summed E-state index contributed by atoms with van der Waals surface area (Å²) in [4.78, 5) is 13.7. The first-order chi connectivity index (χ1) is 9.41. The van der Waals surface area contributed by atoms with Crippen molar-refractivity contribution in [2.24, 2.45) is 5.41 Å². The zero-order valence-electron chi connectivity index (χ0n) is 12.2. The Hall–Kier alpha value is -1.07. The molecule has 2 heterocycles. The first-order valence-electron chi connectivity index (χ1n) is 6.66. The number of nitrogens with one attached hydrogen (secondary N) is 1. The van der Waals surface area contributed by atoms with E-state index in [9.17, 15) is 4.79 Å². The van der Waals surface area contributed by atoms with Gasteiger partial charge in [0.15, 0.2) is 5.78 Å². The second kappa shape index (κ2) is 4.74. The summed E-state index contributed by atoms with van der Waals surface area (Å²) in [5, 5.41) is 7.38. The van der Waals surface area contributed by atoms with E-state index in [1.807, 2.05) is 13.2 Å². The number of carbonyl (C=O) groups excluding carboxylic acids is 1. The van der Waals surface area contributed by atoms with Gasteiger partial charge in [-0.3, -0.25) is 9.89 Å². The van der Waals surface area contributed by atoms with Gasteiger partial charge in [-0.05, 0) is 36.6 Å². The number of aromatic amines is 1. The van der Waals surface area contributed by atoms with Crippen LogP contribution in [0.1, 0.15) is 41.9 Å². The van der Waals surface area contributed by atoms with E-state index in [0.717, 1.165) is 32.5 Å². The number of aryl methyl sites for hydroxylation is 1. The lowest BCUT2D eigenvalue weighted by Crippen LogP contribution is -2.26. The number of thiophene rings is 1. The topological polar surface area (TPSA) is 45.8 Å². The minimum atomic E-state index is 0.0426. The van der Waals surface area contributed by atoms with Crippen molar-refractivity contribution in [3.05, 3.63) is 22.9 Å². The van der Waals surface area contributed by atoms with Crippen LogP contribution < -0.4 is 0 Å². The van der Waals surface area contributed by atoms with E-state index in [-0.39, 0.29) is 11.2 Å². The van der Waals surface area contributed by atoms with Crippen molar-refractivity contribution in [1.29, 1.82) is 0 Å². The number of H-pyrrole nitrogens is 1. The third-order valence-corrected chi connectivity index (χ3v) is 6.05. The predicted octanol–water partition coefficient (Wildman–Crippen LogP) is 4.32. The van der Waals surface area contributed by atoms with Crippen LogP contribution in [0, 0.1) is 12.3 Å². The number of carbonyl (C=O) groups is 1. The maximum Gasteiger partial charge on any atom is 0.165 e. The minimum Gasteiger partial charge on any atom is -0.294 e. The molecule has 0 saturated heterocycles. The molecule has 1 aliphatic carbocycles. The number of hydrogen-bond acceptors (Lipinski definition) is 4. The van der Waals surface area contributed by atoms with Crippen LogP contribution in [0.5, 0.6) is 0 Å². The standard InChI is InChI=1S/C15H18N2OS2/c1-8-5-10(17-16-8)13-9-6-15(2,3)7-11(18)12(9)14(19-4)20-13/h5H,6-7H2,1-4H3,(H,16,17). The summed E-state index contributed by atoms with van der Waals surface area (Å²) < 4.78 is 1.14. The van der Waals surface area contributed by atoms with Crippen molar-refractivity contribution in [3.63, 3.8) is 0 Å². The number of rotatable bonds is 2. The van der Waals surface area contributed by atoms with Gasteiger partial charge >= 0.3 is 0 Å². The molecule has 1 aliphatic rings. The highest BCUT2D eigenvalue weighted by Crippen LogP contribution is 2.47. The molecule has 20 heavy (non-hydrogen) atoms. The number of aromatic nitrogens is 2. The van der Waals surface area contributed by atoms with Crippen LogP contribution in [-0.4, -0.2) is 22.2 Å². The van der Waals surface area contributed by atoms with Crippen LogP contribution in [0.25, 0.3) is 10.6 Å². The maximum absolute atomic E-state index is 12.5. The smallest absolute Gasteiger partial charge is 0.165 e. The Kier molecular flexibility index (Phi) is 3.29. The maximum atomic E-state index is 12.5. The molecule has 0 saturated carbocycles. The van der Waals surface area contributed by atoms with E-state index in [2.05, 4.69) is 30.1 Å². The molecule has 1 N–H and O–H groups in total. The highest BCUT2D eigenvalue weighted by Gasteiger charge is 2.36. The fraction of sp³-hybridized carbons (Fsp3) is 0.467. The number of fused-ring (bicyclic) bond motifs is 1. The van der Waals surface area contributed by atoms with Crippen molar-refractivity contribution in [3.8, 4) is 10.6 Å². The van der Waals surface area contributed by atoms with E-state index < -0.39 is 0 Å². The van der Waals surface area contributed by atoms with Crippen molar-refractivity contribution in [2.75, 3.05) is 6.26 Å². The summed E-state index contributed by atoms with van der Waals surface area (Å²) in [7, 11) is 0. The zero-order chi connectivity index (χ0) is 14.5. The average molecular weight is 306 g/mol. The van der Waals surface area contributed by atoms with Crippen LogP contribution >= 0.6 is 23.1 Å². The zero-order valence-corrected chi connectivity index (χ0v) is 13.8. The fourth-order valence-corrected chi connectivity index (χ4v) is 4.90. The third-order valence-electron chi connectivity index (χ3n) is 3.67. The molecule has 3 rings (SSSR count). The van der Waals surface area contributed by atoms with Gasteiger partial charge in [-0.2, -0.15) is 5.10 Å². The molecule has 0 radical (unpaired) electrons. The van der Waals surface area contributed by atoms with Crippen molar-refractivity contribution in [2.45, 2.75) is 37.8 Å². The average Bonchev–Trinajstić information content (AvgIpc) is 2.91. The lowest BCUT2D eigenvalue weighted by molar-refractivity contribution is 0.0910. The summed E-state index contributed by atoms with van der Waals surface area (Å²) in [6.07, 6.45) is 3.63. The molecule has 0 aliphatic heterocycles. The largest absolute Gasteiger partial charge is 0.294 e. The molecule has 0 atom stereocenters. The number of Topliss-reactive ketones (excluding diaryl/α,β-unsaturated/α-hetero) is 1. The van der Waals surface area contributed by atoms with E-state index in [4.69, 9.17) is 0 Å². The molecule has 0 amide bonds. The minimum absolute atomic E-state index is 0.0426. The van der Waals surface area contributed by atoms with E-state index in [1.165, 1.54) is 5.56 Å². The van der Waals surface area contributed by atoms with Gasteiger partial charge in [0.05, 0.1) is 9.09 Å². The summed E-state index contributed by atoms with van der Waals surface area (Å²) >= 11 is 3.38. The van der Waals surface area contributed by atoms with E-state index >= 15 is 0 Å². The van der Waals surface area contributed by atoms with Crippen LogP contribution in [-0.2, 0) is 6.42 Å². The van der Waals surface area contributed by atoms with E-state index in [0.29, 0.717) is 6.42 Å². The Morgan fingerprint density at radius 2 is 2.15 bits per heavy atom. The van der Waals surface area contributed by atoms with Crippen molar-refractivity contribution < 1.29 is 4.79 Å². The number of nitrogens with zero attached hydrogens (tertiary/aromatic N) is 1. The Morgan fingerprint density at radius 3 is 2.75 bits per heavy atom. The Balaban J connectivity index is 2.20. The summed E-state index contributed by atoms with van der Waals surface area (Å²) in [6.45, 7) is 6.34. The summed E-state index contributed by atoms with van der Waals surface area (Å²) in [5.41, 5.74) is 4.22.